The van der Waals surface area contributed by atoms with Gasteiger partial charge in [-0.05, 0) is 29.2 Å². The first-order valence-corrected chi connectivity index (χ1v) is 9.76. The van der Waals surface area contributed by atoms with Gasteiger partial charge in [-0.2, -0.15) is 0 Å². The van der Waals surface area contributed by atoms with Crippen LogP contribution in [0.2, 0.25) is 0 Å². The zero-order valence-corrected chi connectivity index (χ0v) is 17.1. The number of amides is 2. The molecule has 7 heteroatoms. The predicted molar refractivity (Wildman–Crippen MR) is 117 cm³/mol. The van der Waals surface area contributed by atoms with Crippen molar-refractivity contribution in [2.45, 2.75) is 32.7 Å². The number of benzene rings is 2. The minimum Gasteiger partial charge on any atom is -0.322 e. The topological polar surface area (TPSA) is 88.9 Å². The lowest BCUT2D eigenvalue weighted by Gasteiger charge is -2.13. The van der Waals surface area contributed by atoms with Gasteiger partial charge in [-0.1, -0.05) is 74.2 Å². The van der Waals surface area contributed by atoms with Crippen molar-refractivity contribution in [2.24, 2.45) is 0 Å². The summed E-state index contributed by atoms with van der Waals surface area (Å²) in [6, 6.07) is 17.1. The molecule has 2 N–H and O–H groups in total. The Morgan fingerprint density at radius 3 is 2.47 bits per heavy atom. The predicted octanol–water partition coefficient (Wildman–Crippen LogP) is 3.76. The lowest BCUT2D eigenvalue weighted by molar-refractivity contribution is -0.115. The van der Waals surface area contributed by atoms with Crippen LogP contribution in [0.1, 0.15) is 36.6 Å². The lowest BCUT2D eigenvalue weighted by Crippen LogP contribution is -2.18. The molecule has 0 radical (unpaired) electrons. The third kappa shape index (κ3) is 5.20. The van der Waals surface area contributed by atoms with Gasteiger partial charge in [-0.25, -0.2) is 4.68 Å². The van der Waals surface area contributed by atoms with Gasteiger partial charge in [-0.15, -0.1) is 5.10 Å². The van der Waals surface area contributed by atoms with Crippen LogP contribution < -0.4 is 10.6 Å². The standard InChI is InChI=1S/C23H25N5O2/c1-4-20(29)24-19-13-9-8-12-18(19)14-21(30)25-23-22(16(2)3)28(27-26-23)15-17-10-6-5-7-11-17/h4-13,16H,1,14-15H2,2-3H3,(H,24,29)(H,25,30). The smallest absolute Gasteiger partial charge is 0.247 e. The van der Waals surface area contributed by atoms with Crippen molar-refractivity contribution in [3.63, 3.8) is 0 Å². The normalized spacial score (nSPS) is 10.6. The van der Waals surface area contributed by atoms with E-state index in [2.05, 4.69) is 27.5 Å². The molecule has 0 aliphatic carbocycles. The SMILES string of the molecule is C=CC(=O)Nc1ccccc1CC(=O)Nc1nnn(Cc2ccccc2)c1C(C)C. The maximum atomic E-state index is 12.7. The van der Waals surface area contributed by atoms with Gasteiger partial charge < -0.3 is 10.6 Å². The first kappa shape index (κ1) is 21.0. The van der Waals surface area contributed by atoms with E-state index in [1.165, 1.54) is 6.08 Å². The fourth-order valence-electron chi connectivity index (χ4n) is 3.18. The Balaban J connectivity index is 1.76. The van der Waals surface area contributed by atoms with Gasteiger partial charge in [0.05, 0.1) is 18.7 Å². The van der Waals surface area contributed by atoms with Gasteiger partial charge in [0.15, 0.2) is 5.82 Å². The number of hydrogen-bond acceptors (Lipinski definition) is 4. The maximum Gasteiger partial charge on any atom is 0.247 e. The van der Waals surface area contributed by atoms with Gasteiger partial charge in [0.2, 0.25) is 11.8 Å². The molecule has 0 fully saturated rings. The second-order valence-corrected chi connectivity index (χ2v) is 7.20. The molecule has 0 aliphatic rings. The van der Waals surface area contributed by atoms with Crippen molar-refractivity contribution in [2.75, 3.05) is 10.6 Å². The number of nitrogens with one attached hydrogen (secondary N) is 2. The number of para-hydroxylation sites is 1. The Morgan fingerprint density at radius 1 is 1.07 bits per heavy atom. The molecule has 0 saturated heterocycles. The molecule has 7 nitrogen and oxygen atoms in total. The van der Waals surface area contributed by atoms with Crippen molar-refractivity contribution >= 4 is 23.3 Å². The Labute approximate surface area is 175 Å². The summed E-state index contributed by atoms with van der Waals surface area (Å²) in [5, 5.41) is 14.0. The quantitative estimate of drug-likeness (QED) is 0.561. The molecular weight excluding hydrogens is 378 g/mol. The molecule has 0 saturated carbocycles. The monoisotopic (exact) mass is 403 g/mol. The van der Waals surface area contributed by atoms with Crippen LogP contribution in [-0.4, -0.2) is 26.8 Å². The molecule has 0 aliphatic heterocycles. The minimum absolute atomic E-state index is 0.0939. The molecule has 1 heterocycles. The van der Waals surface area contributed by atoms with Gasteiger partial charge in [0.25, 0.3) is 0 Å². The molecule has 3 rings (SSSR count). The summed E-state index contributed by atoms with van der Waals surface area (Å²) >= 11 is 0. The Hall–Kier alpha value is -3.74. The van der Waals surface area contributed by atoms with Crippen LogP contribution in [0.3, 0.4) is 0 Å². The highest BCUT2D eigenvalue weighted by Gasteiger charge is 2.19. The van der Waals surface area contributed by atoms with Crippen LogP contribution in [0, 0.1) is 0 Å². The van der Waals surface area contributed by atoms with Gasteiger partial charge in [0.1, 0.15) is 0 Å². The number of aromatic nitrogens is 3. The van der Waals surface area contributed by atoms with E-state index in [-0.39, 0.29) is 24.2 Å². The van der Waals surface area contributed by atoms with Crippen molar-refractivity contribution in [3.05, 3.63) is 84.1 Å². The highest BCUT2D eigenvalue weighted by Crippen LogP contribution is 2.23. The molecule has 3 aromatic rings. The molecule has 0 unspecified atom stereocenters. The third-order valence-corrected chi connectivity index (χ3v) is 4.56. The molecule has 0 bridgehead atoms. The van der Waals surface area contributed by atoms with Crippen LogP contribution in [-0.2, 0) is 22.6 Å². The van der Waals surface area contributed by atoms with Crippen molar-refractivity contribution in [1.82, 2.24) is 15.0 Å². The van der Waals surface area contributed by atoms with Gasteiger partial charge in [-0.3, -0.25) is 9.59 Å². The van der Waals surface area contributed by atoms with E-state index < -0.39 is 0 Å². The fraction of sp³-hybridized carbons (Fsp3) is 0.217. The minimum atomic E-state index is -0.325. The molecule has 30 heavy (non-hydrogen) atoms. The van der Waals surface area contributed by atoms with E-state index in [1.807, 2.05) is 54.9 Å². The molecule has 0 atom stereocenters. The number of carbonyl (C=O) groups is 2. The number of rotatable bonds is 8. The zero-order chi connectivity index (χ0) is 21.5. The Bertz CT molecular complexity index is 1040. The van der Waals surface area contributed by atoms with E-state index in [4.69, 9.17) is 0 Å². The molecule has 154 valence electrons. The second kappa shape index (κ2) is 9.65. The average Bonchev–Trinajstić information content (AvgIpc) is 3.12. The highest BCUT2D eigenvalue weighted by atomic mass is 16.2. The van der Waals surface area contributed by atoms with E-state index in [9.17, 15) is 9.59 Å². The van der Waals surface area contributed by atoms with Gasteiger partial charge >= 0.3 is 0 Å². The number of nitrogens with zero attached hydrogens (tertiary/aromatic N) is 3. The maximum absolute atomic E-state index is 12.7. The van der Waals surface area contributed by atoms with Crippen LogP contribution >= 0.6 is 0 Å². The lowest BCUT2D eigenvalue weighted by atomic mass is 10.1. The molecular formula is C23H25N5O2. The van der Waals surface area contributed by atoms with Crippen molar-refractivity contribution < 1.29 is 9.59 Å². The largest absolute Gasteiger partial charge is 0.322 e. The van der Waals surface area contributed by atoms with E-state index in [0.29, 0.717) is 23.6 Å². The number of hydrogen-bond donors (Lipinski definition) is 2. The fourth-order valence-corrected chi connectivity index (χ4v) is 3.18. The third-order valence-electron chi connectivity index (χ3n) is 4.56. The summed E-state index contributed by atoms with van der Waals surface area (Å²) in [6.07, 6.45) is 1.29. The Kier molecular flexibility index (Phi) is 6.75. The first-order chi connectivity index (χ1) is 14.5. The van der Waals surface area contributed by atoms with E-state index >= 15 is 0 Å². The van der Waals surface area contributed by atoms with Crippen LogP contribution in [0.4, 0.5) is 11.5 Å². The number of carbonyl (C=O) groups excluding carboxylic acids is 2. The Morgan fingerprint density at radius 2 is 1.77 bits per heavy atom. The summed E-state index contributed by atoms with van der Waals surface area (Å²) in [6.45, 7) is 8.11. The van der Waals surface area contributed by atoms with E-state index in [1.54, 1.807) is 18.2 Å². The zero-order valence-electron chi connectivity index (χ0n) is 17.1. The van der Waals surface area contributed by atoms with Crippen LogP contribution in [0.15, 0.2) is 67.3 Å². The summed E-state index contributed by atoms with van der Waals surface area (Å²) in [5.74, 6) is 0.0227. The average molecular weight is 403 g/mol. The van der Waals surface area contributed by atoms with Crippen molar-refractivity contribution in [3.8, 4) is 0 Å². The summed E-state index contributed by atoms with van der Waals surface area (Å²) in [5.41, 5.74) is 3.25. The van der Waals surface area contributed by atoms with Gasteiger partial charge in [0, 0.05) is 5.69 Å². The first-order valence-electron chi connectivity index (χ1n) is 9.76. The van der Waals surface area contributed by atoms with E-state index in [0.717, 1.165) is 11.3 Å². The molecule has 0 spiro atoms. The van der Waals surface area contributed by atoms with Crippen molar-refractivity contribution in [1.29, 1.82) is 0 Å². The highest BCUT2D eigenvalue weighted by molar-refractivity contribution is 6.00. The summed E-state index contributed by atoms with van der Waals surface area (Å²) in [7, 11) is 0. The van der Waals surface area contributed by atoms with Crippen LogP contribution in [0.5, 0.6) is 0 Å². The number of anilines is 2. The molecule has 2 amide bonds. The second-order valence-electron chi connectivity index (χ2n) is 7.20. The van der Waals surface area contributed by atoms with Crippen LogP contribution in [0.25, 0.3) is 0 Å². The summed E-state index contributed by atoms with van der Waals surface area (Å²) in [4.78, 5) is 24.3. The molecule has 1 aromatic heterocycles. The summed E-state index contributed by atoms with van der Waals surface area (Å²) < 4.78 is 1.81. The molecule has 2 aromatic carbocycles.